The number of hydrogen-bond donors (Lipinski definition) is 2. The van der Waals surface area contributed by atoms with Crippen LogP contribution in [0, 0.1) is 0 Å². The van der Waals surface area contributed by atoms with Gasteiger partial charge in [0.05, 0.1) is 7.11 Å². The van der Waals surface area contributed by atoms with Gasteiger partial charge in [-0.25, -0.2) is 0 Å². The van der Waals surface area contributed by atoms with E-state index in [4.69, 9.17) is 14.2 Å². The number of methoxy groups -OCH3 is 1. The maximum absolute atomic E-state index is 10.0. The molecule has 2 aromatic carbocycles. The SMILES string of the molecule is COc1cccc(CNCc2ccc3c(c2)OCO3)c1O. The number of rotatable bonds is 5. The van der Waals surface area contributed by atoms with Crippen molar-refractivity contribution in [3.63, 3.8) is 0 Å². The fraction of sp³-hybridized carbons (Fsp3) is 0.250. The van der Waals surface area contributed by atoms with Gasteiger partial charge in [0, 0.05) is 18.7 Å². The smallest absolute Gasteiger partial charge is 0.231 e. The van der Waals surface area contributed by atoms with Crippen molar-refractivity contribution in [2.24, 2.45) is 0 Å². The van der Waals surface area contributed by atoms with E-state index in [1.165, 1.54) is 0 Å². The molecule has 2 aromatic rings. The van der Waals surface area contributed by atoms with E-state index in [9.17, 15) is 5.11 Å². The predicted molar refractivity (Wildman–Crippen MR) is 77.8 cm³/mol. The van der Waals surface area contributed by atoms with Gasteiger partial charge in [-0.05, 0) is 23.8 Å². The number of nitrogens with one attached hydrogen (secondary N) is 1. The van der Waals surface area contributed by atoms with Crippen LogP contribution in [-0.4, -0.2) is 19.0 Å². The molecule has 1 heterocycles. The zero-order valence-electron chi connectivity index (χ0n) is 11.8. The van der Waals surface area contributed by atoms with Gasteiger partial charge in [0.25, 0.3) is 0 Å². The molecule has 0 unspecified atom stereocenters. The third-order valence-electron chi connectivity index (χ3n) is 3.38. The molecule has 5 nitrogen and oxygen atoms in total. The van der Waals surface area contributed by atoms with Crippen molar-refractivity contribution in [3.05, 3.63) is 47.5 Å². The minimum Gasteiger partial charge on any atom is -0.504 e. The van der Waals surface area contributed by atoms with Crippen LogP contribution in [0.15, 0.2) is 36.4 Å². The van der Waals surface area contributed by atoms with Crippen LogP contribution in [0.4, 0.5) is 0 Å². The van der Waals surface area contributed by atoms with Crippen molar-refractivity contribution in [2.45, 2.75) is 13.1 Å². The van der Waals surface area contributed by atoms with Gasteiger partial charge in [0.15, 0.2) is 23.0 Å². The predicted octanol–water partition coefficient (Wildman–Crippen LogP) is 2.42. The number of fused-ring (bicyclic) bond motifs is 1. The Labute approximate surface area is 123 Å². The van der Waals surface area contributed by atoms with E-state index >= 15 is 0 Å². The van der Waals surface area contributed by atoms with Crippen molar-refractivity contribution in [1.82, 2.24) is 5.32 Å². The minimum atomic E-state index is 0.179. The van der Waals surface area contributed by atoms with Gasteiger partial charge in [-0.2, -0.15) is 0 Å². The highest BCUT2D eigenvalue weighted by molar-refractivity contribution is 5.46. The Morgan fingerprint density at radius 3 is 2.86 bits per heavy atom. The van der Waals surface area contributed by atoms with E-state index in [2.05, 4.69) is 5.32 Å². The Morgan fingerprint density at radius 2 is 2.00 bits per heavy atom. The second-order valence-electron chi connectivity index (χ2n) is 4.76. The Balaban J connectivity index is 1.61. The number of benzene rings is 2. The number of phenolic OH excluding ortho intramolecular Hbond substituents is 1. The Hall–Kier alpha value is -2.40. The van der Waals surface area contributed by atoms with Crippen LogP contribution in [0.2, 0.25) is 0 Å². The summed E-state index contributed by atoms with van der Waals surface area (Å²) in [7, 11) is 1.54. The number of aromatic hydroxyl groups is 1. The number of hydrogen-bond acceptors (Lipinski definition) is 5. The molecule has 0 fully saturated rings. The third-order valence-corrected chi connectivity index (χ3v) is 3.38. The summed E-state index contributed by atoms with van der Waals surface area (Å²) in [5.41, 5.74) is 1.90. The molecule has 2 N–H and O–H groups in total. The van der Waals surface area contributed by atoms with E-state index in [0.29, 0.717) is 18.8 Å². The van der Waals surface area contributed by atoms with Gasteiger partial charge in [0.1, 0.15) is 0 Å². The minimum absolute atomic E-state index is 0.179. The van der Waals surface area contributed by atoms with Crippen molar-refractivity contribution < 1.29 is 19.3 Å². The van der Waals surface area contributed by atoms with Crippen molar-refractivity contribution >= 4 is 0 Å². The molecule has 0 atom stereocenters. The fourth-order valence-corrected chi connectivity index (χ4v) is 2.27. The Kier molecular flexibility index (Phi) is 3.83. The van der Waals surface area contributed by atoms with Crippen molar-refractivity contribution in [3.8, 4) is 23.0 Å². The van der Waals surface area contributed by atoms with Gasteiger partial charge < -0.3 is 24.6 Å². The molecule has 0 saturated heterocycles. The highest BCUT2D eigenvalue weighted by Gasteiger charge is 2.13. The summed E-state index contributed by atoms with van der Waals surface area (Å²) < 4.78 is 15.7. The summed E-state index contributed by atoms with van der Waals surface area (Å²) in [5.74, 6) is 2.22. The molecule has 0 bridgehead atoms. The topological polar surface area (TPSA) is 60.0 Å². The Morgan fingerprint density at radius 1 is 1.14 bits per heavy atom. The molecule has 0 radical (unpaired) electrons. The first-order valence-corrected chi connectivity index (χ1v) is 6.72. The van der Waals surface area contributed by atoms with Gasteiger partial charge in [-0.3, -0.25) is 0 Å². The molecule has 0 aliphatic carbocycles. The molecule has 0 amide bonds. The van der Waals surface area contributed by atoms with Gasteiger partial charge in [0.2, 0.25) is 6.79 Å². The second-order valence-corrected chi connectivity index (χ2v) is 4.76. The molecule has 0 aromatic heterocycles. The van der Waals surface area contributed by atoms with Crippen LogP contribution < -0.4 is 19.5 Å². The molecule has 1 aliphatic heterocycles. The Bertz CT molecular complexity index is 642. The van der Waals surface area contributed by atoms with Crippen LogP contribution in [0.3, 0.4) is 0 Å². The van der Waals surface area contributed by atoms with Crippen LogP contribution in [0.25, 0.3) is 0 Å². The molecule has 0 saturated carbocycles. The summed E-state index contributed by atoms with van der Waals surface area (Å²) in [6, 6.07) is 11.3. The average molecular weight is 287 g/mol. The van der Waals surface area contributed by atoms with Gasteiger partial charge >= 0.3 is 0 Å². The maximum atomic E-state index is 10.0. The molecule has 1 aliphatic rings. The zero-order chi connectivity index (χ0) is 14.7. The van der Waals surface area contributed by atoms with Crippen molar-refractivity contribution in [2.75, 3.05) is 13.9 Å². The lowest BCUT2D eigenvalue weighted by Crippen LogP contribution is -2.12. The van der Waals surface area contributed by atoms with Crippen LogP contribution >= 0.6 is 0 Å². The molecule has 110 valence electrons. The first-order valence-electron chi connectivity index (χ1n) is 6.72. The summed E-state index contributed by atoms with van der Waals surface area (Å²) in [5, 5.41) is 13.3. The van der Waals surface area contributed by atoms with Crippen LogP contribution in [0.1, 0.15) is 11.1 Å². The van der Waals surface area contributed by atoms with E-state index < -0.39 is 0 Å². The number of ether oxygens (including phenoxy) is 3. The van der Waals surface area contributed by atoms with Crippen LogP contribution in [0.5, 0.6) is 23.0 Å². The summed E-state index contributed by atoms with van der Waals surface area (Å²) in [4.78, 5) is 0. The first kappa shape index (κ1) is 13.6. The molecular weight excluding hydrogens is 270 g/mol. The molecule has 3 rings (SSSR count). The maximum Gasteiger partial charge on any atom is 0.231 e. The first-order chi connectivity index (χ1) is 10.3. The number of phenols is 1. The van der Waals surface area contributed by atoms with E-state index in [1.807, 2.05) is 30.3 Å². The quantitative estimate of drug-likeness (QED) is 0.884. The van der Waals surface area contributed by atoms with Gasteiger partial charge in [-0.15, -0.1) is 0 Å². The molecule has 0 spiro atoms. The lowest BCUT2D eigenvalue weighted by atomic mass is 10.1. The van der Waals surface area contributed by atoms with E-state index in [0.717, 1.165) is 22.6 Å². The normalized spacial score (nSPS) is 12.4. The highest BCUT2D eigenvalue weighted by atomic mass is 16.7. The summed E-state index contributed by atoms with van der Waals surface area (Å²) in [6.45, 7) is 1.51. The lowest BCUT2D eigenvalue weighted by Gasteiger charge is -2.10. The fourth-order valence-electron chi connectivity index (χ4n) is 2.27. The standard InChI is InChI=1S/C16H17NO4/c1-19-14-4-2-3-12(16(14)18)9-17-8-11-5-6-13-15(7-11)21-10-20-13/h2-7,17-18H,8-10H2,1H3. The monoisotopic (exact) mass is 287 g/mol. The molecular formula is C16H17NO4. The van der Waals surface area contributed by atoms with E-state index in [1.54, 1.807) is 13.2 Å². The van der Waals surface area contributed by atoms with Gasteiger partial charge in [-0.1, -0.05) is 18.2 Å². The number of para-hydroxylation sites is 1. The summed E-state index contributed by atoms with van der Waals surface area (Å²) in [6.07, 6.45) is 0. The average Bonchev–Trinajstić information content (AvgIpc) is 2.96. The lowest BCUT2D eigenvalue weighted by molar-refractivity contribution is 0.174. The van der Waals surface area contributed by atoms with Crippen molar-refractivity contribution in [1.29, 1.82) is 0 Å². The van der Waals surface area contributed by atoms with E-state index in [-0.39, 0.29) is 12.5 Å². The second kappa shape index (κ2) is 5.93. The highest BCUT2D eigenvalue weighted by Crippen LogP contribution is 2.32. The zero-order valence-corrected chi connectivity index (χ0v) is 11.8. The third kappa shape index (κ3) is 2.87. The van der Waals surface area contributed by atoms with Crippen LogP contribution in [-0.2, 0) is 13.1 Å². The molecule has 21 heavy (non-hydrogen) atoms. The molecule has 5 heteroatoms. The largest absolute Gasteiger partial charge is 0.504 e. The summed E-state index contributed by atoms with van der Waals surface area (Å²) >= 11 is 0.